The maximum atomic E-state index is 11.9. The van der Waals surface area contributed by atoms with Gasteiger partial charge in [0, 0.05) is 12.4 Å². The molecule has 2 aromatic rings. The summed E-state index contributed by atoms with van der Waals surface area (Å²) in [5, 5.41) is 4.03. The molecule has 2 N–H and O–H groups in total. The number of hydrogen-bond donors (Lipinski definition) is 2. The molecule has 1 aromatic heterocycles. The number of benzene rings is 1. The Bertz CT molecular complexity index is 752. The molecule has 1 aliphatic heterocycles. The van der Waals surface area contributed by atoms with E-state index in [4.69, 9.17) is 4.74 Å². The van der Waals surface area contributed by atoms with Crippen molar-refractivity contribution in [1.29, 1.82) is 0 Å². The number of pyridine rings is 1. The molecular weight excluding hydrogens is 298 g/mol. The lowest BCUT2D eigenvalue weighted by molar-refractivity contribution is -0.149. The normalized spacial score (nSPS) is 16.5. The lowest BCUT2D eigenvalue weighted by Crippen LogP contribution is -2.67. The molecule has 1 aliphatic rings. The third-order valence-electron chi connectivity index (χ3n) is 3.51. The fourth-order valence-electron chi connectivity index (χ4n) is 2.17. The lowest BCUT2D eigenvalue weighted by atomic mass is 10.0. The average molecular weight is 311 g/mol. The number of carbonyl (C=O) groups is 3. The zero-order valence-corrected chi connectivity index (χ0v) is 12.2. The molecule has 0 bridgehead atoms. The molecule has 2 heterocycles. The highest BCUT2D eigenvalue weighted by atomic mass is 16.5. The first kappa shape index (κ1) is 14.7. The Hall–Kier alpha value is -3.22. The topological polar surface area (TPSA) is 97.4 Å². The van der Waals surface area contributed by atoms with E-state index in [1.54, 1.807) is 36.7 Å². The van der Waals surface area contributed by atoms with Crippen LogP contribution in [-0.2, 0) is 9.59 Å². The Morgan fingerprint density at radius 1 is 0.870 bits per heavy atom. The van der Waals surface area contributed by atoms with Gasteiger partial charge in [-0.25, -0.2) is 4.79 Å². The standard InChI is InChI=1S/C16H13N3O4/c1-16(13(20)18-15(22)19-14(16)21)23-12-4-2-10(3-5-12)11-6-8-17-9-7-11/h2-9H,1H3,(H2,18,19,20,21,22). The van der Waals surface area contributed by atoms with Crippen molar-refractivity contribution in [3.05, 3.63) is 48.8 Å². The zero-order chi connectivity index (χ0) is 16.4. The molecule has 0 atom stereocenters. The SMILES string of the molecule is CC1(Oc2ccc(-c3ccncc3)cc2)C(=O)NC(=O)NC1=O. The minimum absolute atomic E-state index is 0.338. The molecule has 0 aliphatic carbocycles. The molecule has 4 amide bonds. The number of nitrogens with zero attached hydrogens (tertiary/aromatic N) is 1. The Morgan fingerprint density at radius 2 is 1.39 bits per heavy atom. The van der Waals surface area contributed by atoms with E-state index in [2.05, 4.69) is 4.98 Å². The number of barbiturate groups is 1. The molecule has 23 heavy (non-hydrogen) atoms. The van der Waals surface area contributed by atoms with Gasteiger partial charge in [-0.05, 0) is 42.3 Å². The summed E-state index contributed by atoms with van der Waals surface area (Å²) >= 11 is 0. The molecule has 7 heteroatoms. The number of ether oxygens (including phenoxy) is 1. The molecule has 1 saturated heterocycles. The van der Waals surface area contributed by atoms with Crippen LogP contribution in [0.15, 0.2) is 48.8 Å². The Kier molecular flexibility index (Phi) is 3.53. The van der Waals surface area contributed by atoms with Crippen molar-refractivity contribution in [1.82, 2.24) is 15.6 Å². The first-order valence-electron chi connectivity index (χ1n) is 6.85. The molecule has 0 radical (unpaired) electrons. The van der Waals surface area contributed by atoms with Gasteiger partial charge in [0.15, 0.2) is 0 Å². The van der Waals surface area contributed by atoms with Crippen molar-refractivity contribution in [2.45, 2.75) is 12.5 Å². The maximum absolute atomic E-state index is 11.9. The van der Waals surface area contributed by atoms with Crippen molar-refractivity contribution in [2.24, 2.45) is 0 Å². The minimum atomic E-state index is -1.80. The van der Waals surface area contributed by atoms with Gasteiger partial charge in [-0.3, -0.25) is 25.2 Å². The Balaban J connectivity index is 1.82. The fourth-order valence-corrected chi connectivity index (χ4v) is 2.17. The fraction of sp³-hybridized carbons (Fsp3) is 0.125. The van der Waals surface area contributed by atoms with E-state index in [-0.39, 0.29) is 0 Å². The van der Waals surface area contributed by atoms with Crippen LogP contribution in [0.4, 0.5) is 4.79 Å². The van der Waals surface area contributed by atoms with E-state index in [9.17, 15) is 14.4 Å². The van der Waals surface area contributed by atoms with Crippen molar-refractivity contribution >= 4 is 17.8 Å². The van der Waals surface area contributed by atoms with E-state index in [0.717, 1.165) is 11.1 Å². The molecule has 0 saturated carbocycles. The second kappa shape index (κ2) is 5.53. The first-order chi connectivity index (χ1) is 11.0. The smallest absolute Gasteiger partial charge is 0.328 e. The Labute approximate surface area is 131 Å². The van der Waals surface area contributed by atoms with Crippen LogP contribution in [0, 0.1) is 0 Å². The van der Waals surface area contributed by atoms with Crippen LogP contribution < -0.4 is 15.4 Å². The van der Waals surface area contributed by atoms with Crippen molar-refractivity contribution in [3.63, 3.8) is 0 Å². The van der Waals surface area contributed by atoms with Crippen molar-refractivity contribution in [2.75, 3.05) is 0 Å². The van der Waals surface area contributed by atoms with Crippen LogP contribution in [0.5, 0.6) is 5.75 Å². The number of carbonyl (C=O) groups excluding carboxylic acids is 3. The number of aromatic nitrogens is 1. The predicted octanol–water partition coefficient (Wildman–Crippen LogP) is 1.25. The van der Waals surface area contributed by atoms with Gasteiger partial charge in [0.05, 0.1) is 0 Å². The molecule has 3 rings (SSSR count). The summed E-state index contributed by atoms with van der Waals surface area (Å²) in [6, 6.07) is 9.79. The van der Waals surface area contributed by atoms with Gasteiger partial charge in [-0.2, -0.15) is 0 Å². The van der Waals surface area contributed by atoms with E-state index in [1.165, 1.54) is 6.92 Å². The number of rotatable bonds is 3. The van der Waals surface area contributed by atoms with Crippen LogP contribution in [0.25, 0.3) is 11.1 Å². The summed E-state index contributed by atoms with van der Waals surface area (Å²) in [5.41, 5.74) is 0.126. The number of imide groups is 2. The van der Waals surface area contributed by atoms with Gasteiger partial charge in [-0.15, -0.1) is 0 Å². The van der Waals surface area contributed by atoms with Crippen LogP contribution in [0.3, 0.4) is 0 Å². The molecule has 116 valence electrons. The number of urea groups is 1. The summed E-state index contributed by atoms with van der Waals surface area (Å²) in [6.45, 7) is 1.31. The summed E-state index contributed by atoms with van der Waals surface area (Å²) in [6.07, 6.45) is 3.38. The van der Waals surface area contributed by atoms with E-state index >= 15 is 0 Å². The van der Waals surface area contributed by atoms with Crippen LogP contribution >= 0.6 is 0 Å². The number of nitrogens with one attached hydrogen (secondary N) is 2. The summed E-state index contributed by atoms with van der Waals surface area (Å²) in [5.74, 6) is -1.26. The molecule has 1 aromatic carbocycles. The first-order valence-corrected chi connectivity index (χ1v) is 6.85. The number of amides is 4. The third-order valence-corrected chi connectivity index (χ3v) is 3.51. The second-order valence-corrected chi connectivity index (χ2v) is 5.13. The zero-order valence-electron chi connectivity index (χ0n) is 12.2. The quantitative estimate of drug-likeness (QED) is 0.832. The minimum Gasteiger partial charge on any atom is -0.468 e. The maximum Gasteiger partial charge on any atom is 0.328 e. The van der Waals surface area contributed by atoms with Gasteiger partial charge in [-0.1, -0.05) is 12.1 Å². The third kappa shape index (κ3) is 2.76. The highest BCUT2D eigenvalue weighted by molar-refractivity contribution is 6.21. The highest BCUT2D eigenvalue weighted by Crippen LogP contribution is 2.25. The van der Waals surface area contributed by atoms with E-state index < -0.39 is 23.4 Å². The molecule has 0 unspecified atom stereocenters. The molecule has 0 spiro atoms. The summed E-state index contributed by atoms with van der Waals surface area (Å²) in [7, 11) is 0. The van der Waals surface area contributed by atoms with Gasteiger partial charge in [0.25, 0.3) is 17.4 Å². The van der Waals surface area contributed by atoms with E-state index in [1.807, 2.05) is 22.8 Å². The van der Waals surface area contributed by atoms with Crippen molar-refractivity contribution in [3.8, 4) is 16.9 Å². The van der Waals surface area contributed by atoms with Crippen LogP contribution in [-0.4, -0.2) is 28.4 Å². The Morgan fingerprint density at radius 3 is 1.96 bits per heavy atom. The summed E-state index contributed by atoms with van der Waals surface area (Å²) < 4.78 is 5.52. The highest BCUT2D eigenvalue weighted by Gasteiger charge is 2.48. The van der Waals surface area contributed by atoms with Crippen LogP contribution in [0.2, 0.25) is 0 Å². The van der Waals surface area contributed by atoms with Crippen LogP contribution in [0.1, 0.15) is 6.92 Å². The van der Waals surface area contributed by atoms with Gasteiger partial charge < -0.3 is 4.74 Å². The van der Waals surface area contributed by atoms with Gasteiger partial charge >= 0.3 is 6.03 Å². The molecular formula is C16H13N3O4. The largest absolute Gasteiger partial charge is 0.468 e. The molecule has 1 fully saturated rings. The predicted molar refractivity (Wildman–Crippen MR) is 80.4 cm³/mol. The lowest BCUT2D eigenvalue weighted by Gasteiger charge is -2.30. The number of hydrogen-bond acceptors (Lipinski definition) is 5. The van der Waals surface area contributed by atoms with E-state index in [0.29, 0.717) is 5.75 Å². The monoisotopic (exact) mass is 311 g/mol. The average Bonchev–Trinajstić information content (AvgIpc) is 2.54. The summed E-state index contributed by atoms with van der Waals surface area (Å²) in [4.78, 5) is 38.9. The van der Waals surface area contributed by atoms with Crippen molar-refractivity contribution < 1.29 is 19.1 Å². The van der Waals surface area contributed by atoms with Gasteiger partial charge in [0.1, 0.15) is 5.75 Å². The van der Waals surface area contributed by atoms with Gasteiger partial charge in [0.2, 0.25) is 0 Å². The molecule has 7 nitrogen and oxygen atoms in total. The second-order valence-electron chi connectivity index (χ2n) is 5.13.